The van der Waals surface area contributed by atoms with Crippen LogP contribution < -0.4 is 14.2 Å². The van der Waals surface area contributed by atoms with Crippen molar-refractivity contribution in [3.8, 4) is 17.2 Å². The molecule has 11 rings (SSSR count). The summed E-state index contributed by atoms with van der Waals surface area (Å²) in [6.45, 7) is 15.9. The molecule has 60 heavy (non-hydrogen) atoms. The van der Waals surface area contributed by atoms with E-state index in [-0.39, 0.29) is 30.2 Å². The Morgan fingerprint density at radius 1 is 0.867 bits per heavy atom. The van der Waals surface area contributed by atoms with E-state index in [9.17, 15) is 14.4 Å². The maximum atomic E-state index is 15.7. The number of carbonyl (C=O) groups excluding carboxylic acids is 4. The number of Topliss-reactive ketones (excluding diaryl/α,β-unsaturated/α-hetero) is 2. The quantitative estimate of drug-likeness (QED) is 0.110. The first kappa shape index (κ1) is 38.7. The smallest absolute Gasteiger partial charge is 0.333 e. The fraction of sp³-hybridized carbons (Fsp3) is 0.440. The van der Waals surface area contributed by atoms with Gasteiger partial charge < -0.3 is 28.4 Å². The molecule has 310 valence electrons. The summed E-state index contributed by atoms with van der Waals surface area (Å²) in [6, 6.07) is 7.37. The van der Waals surface area contributed by atoms with E-state index in [1.807, 2.05) is 52.8 Å². The molecule has 2 aromatic rings. The zero-order valence-corrected chi connectivity index (χ0v) is 35.7. The van der Waals surface area contributed by atoms with E-state index >= 15 is 4.79 Å². The molecule has 10 nitrogen and oxygen atoms in total. The predicted octanol–water partition coefficient (Wildman–Crippen LogP) is 9.16. The van der Waals surface area contributed by atoms with E-state index in [4.69, 9.17) is 28.4 Å². The number of allylic oxidation sites excluding steroid dienone is 5. The maximum Gasteiger partial charge on any atom is 0.333 e. The average molecular weight is 811 g/mol. The van der Waals surface area contributed by atoms with E-state index in [2.05, 4.69) is 32.1 Å². The topological polar surface area (TPSA) is 124 Å². The molecule has 4 aliphatic carbocycles. The number of hydrogen-bond acceptors (Lipinski definition) is 10. The summed E-state index contributed by atoms with van der Waals surface area (Å²) in [6.07, 6.45) is 10.4. The average Bonchev–Trinajstić information content (AvgIpc) is 3.55. The van der Waals surface area contributed by atoms with Gasteiger partial charge in [0, 0.05) is 52.0 Å². The van der Waals surface area contributed by atoms with Crippen molar-refractivity contribution in [2.75, 3.05) is 7.11 Å². The van der Waals surface area contributed by atoms with Crippen molar-refractivity contribution < 1.29 is 47.6 Å². The van der Waals surface area contributed by atoms with Gasteiger partial charge in [0.15, 0.2) is 28.5 Å². The zero-order chi connectivity index (χ0) is 42.4. The molecule has 0 amide bonds. The summed E-state index contributed by atoms with van der Waals surface area (Å²) in [4.78, 5) is 56.9. The lowest BCUT2D eigenvalue weighted by Crippen LogP contribution is -2.75. The SMILES string of the molecule is COC(=O)/C(C)=C\CC12OC(C)(C)C3CC(C1=O)C1C4=C(OC5=C1C32Oc1c(CC=C(C)C)c2c3c(c15)OC(=O)CC3=CC(C)(CCC=C(C)C)O2)c1ccccc1C4=O. The number of esters is 2. The second-order valence-corrected chi connectivity index (χ2v) is 18.9. The van der Waals surface area contributed by atoms with Crippen LogP contribution in [0.1, 0.15) is 120 Å². The number of fused-ring (bicyclic) bond motifs is 5. The summed E-state index contributed by atoms with van der Waals surface area (Å²) in [5, 5.41) is 0. The Hall–Kier alpha value is -5.48. The Morgan fingerprint density at radius 3 is 2.30 bits per heavy atom. The number of ketones is 2. The second kappa shape index (κ2) is 12.8. The van der Waals surface area contributed by atoms with Crippen molar-refractivity contribution in [1.82, 2.24) is 0 Å². The van der Waals surface area contributed by atoms with Crippen LogP contribution in [0.15, 0.2) is 76.4 Å². The van der Waals surface area contributed by atoms with Gasteiger partial charge in [0.05, 0.1) is 30.3 Å². The van der Waals surface area contributed by atoms with Gasteiger partial charge in [0.25, 0.3) is 0 Å². The first-order valence-electron chi connectivity index (χ1n) is 21.1. The molecule has 1 spiro atoms. The minimum absolute atomic E-state index is 0.00398. The Bertz CT molecular complexity index is 2600. The highest BCUT2D eigenvalue weighted by molar-refractivity contribution is 6.22. The molecule has 0 radical (unpaired) electrons. The number of rotatable bonds is 8. The van der Waals surface area contributed by atoms with Crippen molar-refractivity contribution in [3.63, 3.8) is 0 Å². The van der Waals surface area contributed by atoms with E-state index in [1.165, 1.54) is 12.7 Å². The summed E-state index contributed by atoms with van der Waals surface area (Å²) in [5.41, 5.74) is 2.73. The molecule has 9 aliphatic rings. The van der Waals surface area contributed by atoms with E-state index in [0.717, 1.165) is 23.1 Å². The Morgan fingerprint density at radius 2 is 1.58 bits per heavy atom. The van der Waals surface area contributed by atoms with Gasteiger partial charge in [-0.15, -0.1) is 0 Å². The Kier molecular flexibility index (Phi) is 8.24. The molecule has 3 saturated carbocycles. The number of carbonyl (C=O) groups is 4. The molecule has 2 aromatic carbocycles. The standard InChI is InChI=1S/C50H50O10/c1-24(2)13-12-19-48(8)23-27-21-33(51)56-43-34(27)41(58-48)30(17-16-25(3)4)42-37(43)44-38-35(36-39(52)28-14-10-11-15-29(28)40(36)57-44)31-22-32-47(6,7)60-49(45(31)53,50(32,38)59-42)20-18-26(5)46(54)55-9/h10-11,13-16,18,23,31-32,35H,12,17,19-22H2,1-9H3/b26-18-. The lowest BCUT2D eigenvalue weighted by Gasteiger charge is -2.62. The lowest BCUT2D eigenvalue weighted by molar-refractivity contribution is -0.181. The van der Waals surface area contributed by atoms with Gasteiger partial charge in [0.1, 0.15) is 34.2 Å². The van der Waals surface area contributed by atoms with Crippen molar-refractivity contribution in [1.29, 1.82) is 0 Å². The van der Waals surface area contributed by atoms with Gasteiger partial charge in [-0.3, -0.25) is 14.4 Å². The van der Waals surface area contributed by atoms with Crippen LogP contribution in [-0.4, -0.2) is 53.0 Å². The lowest BCUT2D eigenvalue weighted by atomic mass is 9.45. The summed E-state index contributed by atoms with van der Waals surface area (Å²) in [5.74, 6) is -1.02. The van der Waals surface area contributed by atoms with Crippen molar-refractivity contribution in [2.45, 2.75) is 116 Å². The van der Waals surface area contributed by atoms with Crippen LogP contribution in [0.25, 0.3) is 17.1 Å². The van der Waals surface area contributed by atoms with Crippen LogP contribution in [0.3, 0.4) is 0 Å². The molecule has 10 heteroatoms. The van der Waals surface area contributed by atoms with Crippen molar-refractivity contribution in [2.24, 2.45) is 17.8 Å². The van der Waals surface area contributed by atoms with Crippen LogP contribution in [0.5, 0.6) is 17.2 Å². The number of ether oxygens (including phenoxy) is 6. The molecule has 4 fully saturated rings. The fourth-order valence-electron chi connectivity index (χ4n) is 11.7. The first-order chi connectivity index (χ1) is 28.5. The minimum Gasteiger partial charge on any atom is -0.482 e. The molecular formula is C50H50O10. The highest BCUT2D eigenvalue weighted by Crippen LogP contribution is 2.75. The minimum atomic E-state index is -1.63. The van der Waals surface area contributed by atoms with Crippen molar-refractivity contribution >= 4 is 40.6 Å². The normalized spacial score (nSPS) is 30.4. The first-order valence-corrected chi connectivity index (χ1v) is 21.1. The fourth-order valence-corrected chi connectivity index (χ4v) is 11.7. The third-order valence-electron chi connectivity index (χ3n) is 14.1. The van der Waals surface area contributed by atoms with Crippen molar-refractivity contribution in [3.05, 3.63) is 104 Å². The van der Waals surface area contributed by atoms with Gasteiger partial charge in [0.2, 0.25) is 0 Å². The zero-order valence-electron chi connectivity index (χ0n) is 35.7. The highest BCUT2D eigenvalue weighted by atomic mass is 16.6. The Labute approximate surface area is 349 Å². The summed E-state index contributed by atoms with van der Waals surface area (Å²) >= 11 is 0. The van der Waals surface area contributed by atoms with Crippen LogP contribution in [0.4, 0.5) is 0 Å². The molecule has 0 aromatic heterocycles. The van der Waals surface area contributed by atoms with Gasteiger partial charge in [-0.05, 0) is 92.7 Å². The number of benzene rings is 2. The van der Waals surface area contributed by atoms with Gasteiger partial charge in [-0.25, -0.2) is 4.79 Å². The third-order valence-corrected chi connectivity index (χ3v) is 14.1. The van der Waals surface area contributed by atoms with Gasteiger partial charge >= 0.3 is 11.9 Å². The molecule has 4 bridgehead atoms. The molecule has 5 heterocycles. The van der Waals surface area contributed by atoms with E-state index in [0.29, 0.717) is 81.3 Å². The van der Waals surface area contributed by atoms with Crippen LogP contribution >= 0.6 is 0 Å². The number of hydrogen-bond donors (Lipinski definition) is 0. The van der Waals surface area contributed by atoms with E-state index in [1.54, 1.807) is 19.1 Å². The van der Waals surface area contributed by atoms with Crippen LogP contribution in [0, 0.1) is 17.8 Å². The van der Waals surface area contributed by atoms with Crippen LogP contribution in [0.2, 0.25) is 0 Å². The third kappa shape index (κ3) is 4.97. The largest absolute Gasteiger partial charge is 0.482 e. The number of methoxy groups -OCH3 is 1. The van der Waals surface area contributed by atoms with Gasteiger partial charge in [-0.1, -0.05) is 53.6 Å². The predicted molar refractivity (Wildman–Crippen MR) is 223 cm³/mol. The molecular weight excluding hydrogens is 761 g/mol. The van der Waals surface area contributed by atoms with Gasteiger partial charge in [-0.2, -0.15) is 0 Å². The highest BCUT2D eigenvalue weighted by Gasteiger charge is 2.84. The molecule has 6 unspecified atom stereocenters. The second-order valence-electron chi connectivity index (χ2n) is 18.9. The molecule has 0 N–H and O–H groups in total. The maximum absolute atomic E-state index is 15.7. The van der Waals surface area contributed by atoms with E-state index < -0.39 is 52.1 Å². The summed E-state index contributed by atoms with van der Waals surface area (Å²) < 4.78 is 40.7. The Balaban J connectivity index is 1.30. The molecule has 6 atom stereocenters. The monoisotopic (exact) mass is 810 g/mol. The van der Waals surface area contributed by atoms with Crippen LogP contribution in [-0.2, 0) is 35.0 Å². The molecule has 5 aliphatic heterocycles. The summed E-state index contributed by atoms with van der Waals surface area (Å²) in [7, 11) is 1.32. The molecule has 1 saturated heterocycles.